The van der Waals surface area contributed by atoms with Crippen molar-refractivity contribution in [1.29, 1.82) is 0 Å². The Labute approximate surface area is 191 Å². The standard InChI is InChI=1S/C24H34N6S/c31-24(27-21-5-7-22(8-6-21)30-13-4-10-26-30)25-16-23-15-19-9-14-29(23)18-20(19)17-28-11-2-1-3-12-28/h4-8,10,13,19-20,23H,1-3,9,11-12,14-18H2,(H2,25,27,31)/t19-,20-,23+/m0/s1. The molecule has 6 nitrogen and oxygen atoms in total. The SMILES string of the molecule is S=C(NC[C@H]1C[C@@H]2CCN1C[C@@H]2CN1CCCCC1)Nc1ccc(-n2cccn2)cc1. The number of anilines is 1. The van der Waals surface area contributed by atoms with Gasteiger partial charge in [0.25, 0.3) is 0 Å². The predicted octanol–water partition coefficient (Wildman–Crippen LogP) is 3.36. The number of thiocarbonyl (C=S) groups is 1. The fraction of sp³-hybridized carbons (Fsp3) is 0.583. The Morgan fingerprint density at radius 3 is 2.65 bits per heavy atom. The molecule has 2 aromatic rings. The number of fused-ring (bicyclic) bond motifs is 3. The second-order valence-corrected chi connectivity index (χ2v) is 9.80. The molecule has 31 heavy (non-hydrogen) atoms. The summed E-state index contributed by atoms with van der Waals surface area (Å²) in [5.74, 6) is 1.75. The zero-order chi connectivity index (χ0) is 21.0. The van der Waals surface area contributed by atoms with Crippen molar-refractivity contribution < 1.29 is 0 Å². The highest BCUT2D eigenvalue weighted by atomic mass is 32.1. The summed E-state index contributed by atoms with van der Waals surface area (Å²) in [6, 6.07) is 10.7. The second-order valence-electron chi connectivity index (χ2n) is 9.39. The van der Waals surface area contributed by atoms with Gasteiger partial charge in [-0.25, -0.2) is 4.68 Å². The highest BCUT2D eigenvalue weighted by Crippen LogP contribution is 2.36. The quantitative estimate of drug-likeness (QED) is 0.675. The molecule has 2 bridgehead atoms. The molecule has 4 atom stereocenters. The summed E-state index contributed by atoms with van der Waals surface area (Å²) in [4.78, 5) is 5.43. The molecule has 0 aliphatic carbocycles. The lowest BCUT2D eigenvalue weighted by atomic mass is 9.75. The number of piperidine rings is 4. The molecule has 1 aromatic carbocycles. The van der Waals surface area contributed by atoms with Gasteiger partial charge in [-0.3, -0.25) is 4.90 Å². The van der Waals surface area contributed by atoms with Crippen LogP contribution in [0.4, 0.5) is 5.69 Å². The zero-order valence-electron chi connectivity index (χ0n) is 18.2. The maximum Gasteiger partial charge on any atom is 0.170 e. The van der Waals surface area contributed by atoms with Crippen molar-refractivity contribution in [3.8, 4) is 5.69 Å². The molecule has 4 aliphatic heterocycles. The van der Waals surface area contributed by atoms with E-state index < -0.39 is 0 Å². The Balaban J connectivity index is 1.08. The van der Waals surface area contributed by atoms with Gasteiger partial charge >= 0.3 is 0 Å². The molecule has 4 aliphatic rings. The fourth-order valence-corrected chi connectivity index (χ4v) is 5.85. The van der Waals surface area contributed by atoms with Crippen molar-refractivity contribution in [2.75, 3.05) is 44.6 Å². The number of benzene rings is 1. The van der Waals surface area contributed by atoms with Gasteiger partial charge < -0.3 is 15.5 Å². The van der Waals surface area contributed by atoms with E-state index >= 15 is 0 Å². The van der Waals surface area contributed by atoms with E-state index in [1.807, 2.05) is 41.2 Å². The molecular formula is C24H34N6S. The van der Waals surface area contributed by atoms with Gasteiger partial charge in [-0.05, 0) is 99.7 Å². The Bertz CT molecular complexity index is 845. The minimum atomic E-state index is 0.610. The van der Waals surface area contributed by atoms with Crippen molar-refractivity contribution >= 4 is 23.0 Å². The van der Waals surface area contributed by atoms with Crippen LogP contribution < -0.4 is 10.6 Å². The van der Waals surface area contributed by atoms with Gasteiger partial charge in [0.15, 0.2) is 5.11 Å². The Kier molecular flexibility index (Phi) is 6.53. The van der Waals surface area contributed by atoms with Crippen molar-refractivity contribution in [2.24, 2.45) is 11.8 Å². The van der Waals surface area contributed by atoms with E-state index in [-0.39, 0.29) is 0 Å². The van der Waals surface area contributed by atoms with Gasteiger partial charge in [-0.1, -0.05) is 6.42 Å². The third kappa shape index (κ3) is 5.10. The summed E-state index contributed by atoms with van der Waals surface area (Å²) in [5.41, 5.74) is 2.04. The summed E-state index contributed by atoms with van der Waals surface area (Å²) in [6.45, 7) is 7.40. The van der Waals surface area contributed by atoms with Crippen LogP contribution in [0.1, 0.15) is 32.1 Å². The number of aromatic nitrogens is 2. The third-order valence-electron chi connectivity index (χ3n) is 7.35. The van der Waals surface area contributed by atoms with E-state index in [1.54, 1.807) is 6.20 Å². The molecule has 0 amide bonds. The summed E-state index contributed by atoms with van der Waals surface area (Å²) < 4.78 is 1.85. The molecule has 5 heterocycles. The van der Waals surface area contributed by atoms with Gasteiger partial charge in [0.1, 0.15) is 0 Å². The first-order valence-electron chi connectivity index (χ1n) is 11.9. The molecule has 2 N–H and O–H groups in total. The maximum absolute atomic E-state index is 5.57. The fourth-order valence-electron chi connectivity index (χ4n) is 5.65. The lowest BCUT2D eigenvalue weighted by Gasteiger charge is -2.51. The molecular weight excluding hydrogens is 404 g/mol. The van der Waals surface area contributed by atoms with E-state index in [2.05, 4.69) is 25.5 Å². The average molecular weight is 439 g/mol. The van der Waals surface area contributed by atoms with E-state index in [0.717, 1.165) is 29.8 Å². The lowest BCUT2D eigenvalue weighted by Crippen LogP contribution is -2.58. The molecule has 4 saturated heterocycles. The van der Waals surface area contributed by atoms with Crippen LogP contribution in [0, 0.1) is 11.8 Å². The number of nitrogens with zero attached hydrogens (tertiary/aromatic N) is 4. The first kappa shape index (κ1) is 20.9. The first-order chi connectivity index (χ1) is 15.2. The summed E-state index contributed by atoms with van der Waals surface area (Å²) in [5, 5.41) is 11.8. The number of rotatable bonds is 6. The molecule has 1 aromatic heterocycles. The van der Waals surface area contributed by atoms with Gasteiger partial charge in [0.05, 0.1) is 5.69 Å². The third-order valence-corrected chi connectivity index (χ3v) is 7.59. The van der Waals surface area contributed by atoms with Crippen LogP contribution in [0.3, 0.4) is 0 Å². The normalized spacial score (nSPS) is 28.4. The highest BCUT2D eigenvalue weighted by Gasteiger charge is 2.40. The van der Waals surface area contributed by atoms with Crippen LogP contribution >= 0.6 is 12.2 Å². The average Bonchev–Trinajstić information content (AvgIpc) is 3.35. The highest BCUT2D eigenvalue weighted by molar-refractivity contribution is 7.80. The van der Waals surface area contributed by atoms with Crippen LogP contribution in [0.15, 0.2) is 42.7 Å². The largest absolute Gasteiger partial charge is 0.361 e. The van der Waals surface area contributed by atoms with Crippen LogP contribution in [-0.2, 0) is 0 Å². The zero-order valence-corrected chi connectivity index (χ0v) is 19.1. The van der Waals surface area contributed by atoms with E-state index in [1.165, 1.54) is 64.8 Å². The molecule has 0 spiro atoms. The summed E-state index contributed by atoms with van der Waals surface area (Å²) in [7, 11) is 0. The monoisotopic (exact) mass is 438 g/mol. The molecule has 6 rings (SSSR count). The second kappa shape index (κ2) is 9.67. The van der Waals surface area contributed by atoms with E-state index in [0.29, 0.717) is 11.2 Å². The molecule has 0 radical (unpaired) electrons. The molecule has 7 heteroatoms. The minimum Gasteiger partial charge on any atom is -0.361 e. The first-order valence-corrected chi connectivity index (χ1v) is 12.3. The number of nitrogens with one attached hydrogen (secondary N) is 2. The minimum absolute atomic E-state index is 0.610. The summed E-state index contributed by atoms with van der Waals surface area (Å²) >= 11 is 5.57. The topological polar surface area (TPSA) is 48.4 Å². The van der Waals surface area contributed by atoms with Crippen molar-refractivity contribution in [3.63, 3.8) is 0 Å². The number of likely N-dealkylation sites (tertiary alicyclic amines) is 1. The van der Waals surface area contributed by atoms with Gasteiger partial charge in [-0.15, -0.1) is 0 Å². The van der Waals surface area contributed by atoms with E-state index in [4.69, 9.17) is 12.2 Å². The Hall–Kier alpha value is -1.96. The van der Waals surface area contributed by atoms with Crippen LogP contribution in [0.25, 0.3) is 5.69 Å². The number of hydrogen-bond donors (Lipinski definition) is 2. The van der Waals surface area contributed by atoms with Gasteiger partial charge in [-0.2, -0.15) is 5.10 Å². The van der Waals surface area contributed by atoms with Gasteiger partial charge in [0, 0.05) is 43.8 Å². The van der Waals surface area contributed by atoms with Crippen molar-refractivity contribution in [1.82, 2.24) is 24.9 Å². The Morgan fingerprint density at radius 1 is 1.10 bits per heavy atom. The van der Waals surface area contributed by atoms with Crippen molar-refractivity contribution in [3.05, 3.63) is 42.7 Å². The van der Waals surface area contributed by atoms with Crippen molar-refractivity contribution in [2.45, 2.75) is 38.1 Å². The smallest absolute Gasteiger partial charge is 0.170 e. The number of hydrogen-bond acceptors (Lipinski definition) is 4. The van der Waals surface area contributed by atoms with Crippen LogP contribution in [0.5, 0.6) is 0 Å². The predicted molar refractivity (Wildman–Crippen MR) is 130 cm³/mol. The maximum atomic E-state index is 5.57. The molecule has 1 unspecified atom stereocenters. The lowest BCUT2D eigenvalue weighted by molar-refractivity contribution is -0.0124. The molecule has 4 fully saturated rings. The Morgan fingerprint density at radius 2 is 1.94 bits per heavy atom. The summed E-state index contributed by atoms with van der Waals surface area (Å²) in [6.07, 6.45) is 10.6. The van der Waals surface area contributed by atoms with Crippen LogP contribution in [0.2, 0.25) is 0 Å². The van der Waals surface area contributed by atoms with Crippen LogP contribution in [-0.4, -0.2) is 70.0 Å². The molecule has 166 valence electrons. The van der Waals surface area contributed by atoms with E-state index in [9.17, 15) is 0 Å². The molecule has 0 saturated carbocycles. The van der Waals surface area contributed by atoms with Gasteiger partial charge in [0.2, 0.25) is 0 Å².